The van der Waals surface area contributed by atoms with E-state index in [1.807, 2.05) is 0 Å². The number of hydrogen-bond donors (Lipinski definition) is 13. The first-order chi connectivity index (χ1) is 36.8. The van der Waals surface area contributed by atoms with Crippen molar-refractivity contribution in [2.24, 2.45) is 11.5 Å². The van der Waals surface area contributed by atoms with Crippen LogP contribution in [0.3, 0.4) is 0 Å². The summed E-state index contributed by atoms with van der Waals surface area (Å²) in [6.45, 7) is -5.51. The van der Waals surface area contributed by atoms with E-state index in [0.717, 1.165) is 28.5 Å². The van der Waals surface area contributed by atoms with Crippen LogP contribution in [-0.4, -0.2) is 147 Å². The van der Waals surface area contributed by atoms with Crippen molar-refractivity contribution < 1.29 is 58.5 Å². The summed E-state index contributed by atoms with van der Waals surface area (Å²) in [5, 5.41) is 49.6. The number of unbranched alkanes of at least 4 members (excludes halogenated alkanes) is 1. The first-order valence-corrected chi connectivity index (χ1v) is 25.3. The molecule has 1 aliphatic rings. The Kier molecular flexibility index (Phi) is 18.3. The van der Waals surface area contributed by atoms with Gasteiger partial charge in [0.1, 0.15) is 36.3 Å². The Bertz CT molecular complexity index is 2720. The minimum atomic E-state index is -4.04. The molecule has 71 heavy (non-hydrogen) atoms. The van der Waals surface area contributed by atoms with Crippen molar-refractivity contribution in [3.8, 4) is 0 Å². The highest BCUT2D eigenvalue weighted by molar-refractivity contribution is 8.76. The average Bonchev–Trinajstić information content (AvgIpc) is 3.71. The van der Waals surface area contributed by atoms with E-state index >= 15 is 0 Å². The van der Waals surface area contributed by atoms with E-state index in [0.29, 0.717) is 34.0 Å². The molecule has 2 unspecified atom stereocenters. The smallest absolute Gasteiger partial charge is 0.245 e. The highest BCUT2D eigenvalue weighted by Gasteiger charge is 2.36. The van der Waals surface area contributed by atoms with E-state index in [1.165, 1.54) is 0 Å². The Balaban J connectivity index is 1.62. The number of aliphatic hydroxyl groups is 3. The molecule has 0 spiro atoms. The van der Waals surface area contributed by atoms with Crippen molar-refractivity contribution in [3.05, 3.63) is 108 Å². The molecule has 4 aromatic rings. The lowest BCUT2D eigenvalue weighted by atomic mass is 10.0. The number of carbonyl (C=O) groups is 7. The number of fused-ring (bicyclic) bond motifs is 1. The normalized spacial score (nSPS) is 25.8. The minimum Gasteiger partial charge on any atom is -0.394 e. The van der Waals surface area contributed by atoms with Gasteiger partial charge in [-0.2, -0.15) is 0 Å². The Hall–Kier alpha value is -6.01. The number of carbonyl (C=O) groups excluding carboxylic acids is 7. The number of hydrogen-bond acceptors (Lipinski definition) is 14. The zero-order chi connectivity index (χ0) is 57.5. The second kappa shape index (κ2) is 28.1. The molecule has 20 nitrogen and oxygen atoms in total. The molecule has 0 radical (unpaired) electrons. The maximum absolute atomic E-state index is 14.8. The fourth-order valence-corrected chi connectivity index (χ4v) is 9.74. The summed E-state index contributed by atoms with van der Waals surface area (Å²) in [6, 6.07) is 9.18. The number of para-hydroxylation sites is 1. The van der Waals surface area contributed by atoms with E-state index in [2.05, 4.69) is 36.9 Å². The number of rotatable bonds is 17. The van der Waals surface area contributed by atoms with Gasteiger partial charge in [-0.25, -0.2) is 0 Å². The van der Waals surface area contributed by atoms with Gasteiger partial charge in [-0.3, -0.25) is 33.6 Å². The Morgan fingerprint density at radius 3 is 2.07 bits per heavy atom. The number of aliphatic hydroxyl groups excluding tert-OH is 2. The fraction of sp³-hybridized carbons (Fsp3) is 0.449. The van der Waals surface area contributed by atoms with Crippen LogP contribution >= 0.6 is 21.6 Å². The maximum Gasteiger partial charge on any atom is 0.245 e. The van der Waals surface area contributed by atoms with Crippen molar-refractivity contribution in [2.75, 3.05) is 24.6 Å². The predicted octanol–water partition coefficient (Wildman–Crippen LogP) is -0.805. The Morgan fingerprint density at radius 1 is 0.803 bits per heavy atom. The molecule has 22 heteroatoms. The zero-order valence-corrected chi connectivity index (χ0v) is 40.4. The third-order valence-corrected chi connectivity index (χ3v) is 13.7. The topological polar surface area (TPSA) is 332 Å². The molecule has 0 saturated carbocycles. The second-order valence-electron chi connectivity index (χ2n) is 16.7. The minimum absolute atomic E-state index is 0.0415. The van der Waals surface area contributed by atoms with Gasteiger partial charge in [0.05, 0.1) is 36.3 Å². The molecule has 11 atom stereocenters. The van der Waals surface area contributed by atoms with E-state index in [4.69, 9.17) is 21.1 Å². The summed E-state index contributed by atoms with van der Waals surface area (Å²) in [5.41, 5.74) is 14.2. The molecule has 384 valence electrons. The molecular formula is C49H66N10O10S2. The molecule has 2 heterocycles. The van der Waals surface area contributed by atoms with Crippen molar-refractivity contribution >= 4 is 73.8 Å². The monoisotopic (exact) mass is 1030 g/mol. The third kappa shape index (κ3) is 17.1. The van der Waals surface area contributed by atoms with Crippen LogP contribution in [0, 0.1) is 0 Å². The first-order valence-electron chi connectivity index (χ1n) is 26.3. The summed E-state index contributed by atoms with van der Waals surface area (Å²) in [7, 11) is 1.56. The van der Waals surface area contributed by atoms with Gasteiger partial charge in [-0.1, -0.05) is 100 Å². The Labute approximate surface area is 430 Å². The van der Waals surface area contributed by atoms with Gasteiger partial charge in [0.2, 0.25) is 41.4 Å². The SMILES string of the molecule is [2H]c1[nH]c2ccccc2c1C[C@H]1NC(=O)[C@H](Cc2ccccc2)NC(=O)[C@H](NC(=O)[C@H](N)Cc2ccccc2)CSSC[C@H](C(=O)N[C@]([2H])(C([2H])O)[C@]([2H])(O)C([2H])([2H])[2H])NC(=O)C([C@@H](C)O)NC(=O)[C@H](CCCCN)NC1=O. The van der Waals surface area contributed by atoms with E-state index < -0.39 is 121 Å². The molecule has 1 saturated heterocycles. The number of aromatic amines is 1. The van der Waals surface area contributed by atoms with Gasteiger partial charge in [-0.05, 0) is 68.8 Å². The van der Waals surface area contributed by atoms with Crippen molar-refractivity contribution in [2.45, 2.75) is 113 Å². The van der Waals surface area contributed by atoms with E-state index in [1.54, 1.807) is 90.2 Å². The van der Waals surface area contributed by atoms with Crippen molar-refractivity contribution in [3.63, 3.8) is 0 Å². The third-order valence-electron chi connectivity index (χ3n) is 11.3. The van der Waals surface area contributed by atoms with Gasteiger partial charge in [0, 0.05) is 45.5 Å². The van der Waals surface area contributed by atoms with Crippen LogP contribution in [0.4, 0.5) is 0 Å². The number of nitrogens with one attached hydrogen (secondary N) is 8. The fourth-order valence-electron chi connectivity index (χ4n) is 7.41. The molecule has 1 fully saturated rings. The van der Waals surface area contributed by atoms with Crippen LogP contribution in [0.25, 0.3) is 10.9 Å². The molecule has 3 aromatic carbocycles. The predicted molar refractivity (Wildman–Crippen MR) is 272 cm³/mol. The van der Waals surface area contributed by atoms with Crippen LogP contribution in [0.2, 0.25) is 0 Å². The van der Waals surface area contributed by atoms with E-state index in [9.17, 15) is 48.9 Å². The quantitative estimate of drug-likeness (QED) is 0.0455. The van der Waals surface area contributed by atoms with Gasteiger partial charge in [0.25, 0.3) is 0 Å². The highest BCUT2D eigenvalue weighted by Crippen LogP contribution is 2.24. The maximum atomic E-state index is 14.8. The molecule has 7 amide bonds. The van der Waals surface area contributed by atoms with Gasteiger partial charge < -0.3 is 69.0 Å². The van der Waals surface area contributed by atoms with Gasteiger partial charge in [0.15, 0.2) is 0 Å². The van der Waals surface area contributed by atoms with Crippen LogP contribution < -0.4 is 48.7 Å². The number of aromatic nitrogens is 1. The lowest BCUT2D eigenvalue weighted by molar-refractivity contribution is -0.136. The van der Waals surface area contributed by atoms with Crippen molar-refractivity contribution in [1.29, 1.82) is 0 Å². The lowest BCUT2D eigenvalue weighted by Crippen LogP contribution is -2.62. The van der Waals surface area contributed by atoms with Gasteiger partial charge in [-0.15, -0.1) is 0 Å². The molecule has 1 aliphatic heterocycles. The van der Waals surface area contributed by atoms with Gasteiger partial charge >= 0.3 is 0 Å². The van der Waals surface area contributed by atoms with Crippen molar-refractivity contribution in [1.82, 2.24) is 42.2 Å². The number of nitrogens with two attached hydrogens (primary N) is 2. The largest absolute Gasteiger partial charge is 0.394 e. The van der Waals surface area contributed by atoms with Crippen LogP contribution in [0.5, 0.6) is 0 Å². The summed E-state index contributed by atoms with van der Waals surface area (Å²) >= 11 is 0. The van der Waals surface area contributed by atoms with Crippen LogP contribution in [0.15, 0.2) is 91.1 Å². The average molecular weight is 1030 g/mol. The standard InChI is InChI=1S/C49H66N10O10S2/c1-28(61)39(25-60)56-48(68)41-27-71-70-26-40(57-43(63)34(51)21-30-13-5-3-6-14-30)47(67)54-37(22-31-15-7-4-8-16-31)45(65)55-38(23-32-24-52-35-18-10-9-17-33(32)35)46(66)53-36(19-11-12-20-50)44(64)59-42(29(2)62)49(69)58-41/h3-10,13-18,24,28-29,34,36-42,52,60-62H,11-12,19-23,25-27,50-51H2,1-2H3,(H,53,66)(H,54,67)(H,55,65)(H,56,68)(H,57,63)(H,58,69)(H,59,64)/t28-,29-,34-,36+,37+,38-,39-,40-,41-,42?/m1/s1/i1D3,24D,25D,28D,39D/t25?,28-,29-,34-,36+,37+,38-,39-,40-,41-,42?. The lowest BCUT2D eigenvalue weighted by Gasteiger charge is -2.29. The summed E-state index contributed by atoms with van der Waals surface area (Å²) in [6.07, 6.45) is -5.88. The summed E-state index contributed by atoms with van der Waals surface area (Å²) < 4.78 is 56.3. The molecule has 15 N–H and O–H groups in total. The Morgan fingerprint density at radius 2 is 1.41 bits per heavy atom. The number of H-pyrrole nitrogens is 1. The molecule has 1 aromatic heterocycles. The van der Waals surface area contributed by atoms with E-state index in [-0.39, 0.29) is 50.6 Å². The molecule has 5 rings (SSSR count). The summed E-state index contributed by atoms with van der Waals surface area (Å²) in [4.78, 5) is 104. The molecule has 0 aliphatic carbocycles. The second-order valence-corrected chi connectivity index (χ2v) is 19.3. The first kappa shape index (κ1) is 46.1. The summed E-state index contributed by atoms with van der Waals surface area (Å²) in [5.74, 6) is -8.39. The number of benzene rings is 3. The molecular weight excluding hydrogens is 953 g/mol. The van der Waals surface area contributed by atoms with Crippen LogP contribution in [0.1, 0.15) is 59.3 Å². The van der Waals surface area contributed by atoms with Crippen LogP contribution in [-0.2, 0) is 52.8 Å². The molecule has 0 bridgehead atoms. The highest BCUT2D eigenvalue weighted by atomic mass is 33.1. The number of amides is 7. The zero-order valence-electron chi connectivity index (χ0n) is 45.8.